The van der Waals surface area contributed by atoms with Gasteiger partial charge in [-0.2, -0.15) is 0 Å². The Labute approximate surface area is 285 Å². The van der Waals surface area contributed by atoms with Crippen molar-refractivity contribution < 1.29 is 4.42 Å². The van der Waals surface area contributed by atoms with Crippen LogP contribution >= 0.6 is 0 Å². The summed E-state index contributed by atoms with van der Waals surface area (Å²) in [6, 6.07) is 59.4. The molecule has 8 aromatic carbocycles. The first-order chi connectivity index (χ1) is 24.1. The van der Waals surface area contributed by atoms with E-state index in [0.29, 0.717) is 0 Å². The number of furan rings is 1. The zero-order valence-corrected chi connectivity index (χ0v) is 27.4. The van der Waals surface area contributed by atoms with Crippen LogP contribution in [0.2, 0.25) is 0 Å². The van der Waals surface area contributed by atoms with Crippen molar-refractivity contribution in [2.45, 2.75) is 19.3 Å². The summed E-state index contributed by atoms with van der Waals surface area (Å²) in [4.78, 5) is 2.50. The average molecular weight is 628 g/mol. The Balaban J connectivity index is 1.28. The van der Waals surface area contributed by atoms with E-state index < -0.39 is 0 Å². The number of anilines is 3. The molecule has 1 aliphatic rings. The second-order valence-corrected chi connectivity index (χ2v) is 13.7. The fourth-order valence-electron chi connectivity index (χ4n) is 8.39. The fraction of sp³-hybridized carbons (Fsp3) is 0.0638. The fourth-order valence-corrected chi connectivity index (χ4v) is 8.39. The maximum Gasteiger partial charge on any atom is 0.143 e. The predicted molar refractivity (Wildman–Crippen MR) is 206 cm³/mol. The van der Waals surface area contributed by atoms with Crippen LogP contribution in [0.5, 0.6) is 0 Å². The van der Waals surface area contributed by atoms with E-state index in [2.05, 4.69) is 183 Å². The minimum absolute atomic E-state index is 0.193. The highest BCUT2D eigenvalue weighted by Crippen LogP contribution is 2.55. The van der Waals surface area contributed by atoms with Crippen molar-refractivity contribution in [2.24, 2.45) is 0 Å². The molecule has 49 heavy (non-hydrogen) atoms. The van der Waals surface area contributed by atoms with Crippen molar-refractivity contribution in [3.63, 3.8) is 0 Å². The van der Waals surface area contributed by atoms with E-state index in [1.54, 1.807) is 0 Å². The van der Waals surface area contributed by atoms with Gasteiger partial charge in [-0.15, -0.1) is 0 Å². The molecule has 0 bridgehead atoms. The lowest BCUT2D eigenvalue weighted by atomic mass is 9.81. The molecule has 0 N–H and O–H groups in total. The zero-order valence-electron chi connectivity index (χ0n) is 27.4. The van der Waals surface area contributed by atoms with Gasteiger partial charge in [-0.3, -0.25) is 0 Å². The lowest BCUT2D eigenvalue weighted by Gasteiger charge is -2.34. The number of fused-ring (bicyclic) bond motifs is 8. The molecule has 0 fully saturated rings. The highest BCUT2D eigenvalue weighted by atomic mass is 16.3. The van der Waals surface area contributed by atoms with Gasteiger partial charge >= 0.3 is 0 Å². The standard InChI is InChI=1S/C47H33NO/c1-47(2)40-24-9-7-19-34(40)36-21-13-27-43(45(36)47)48(41-26-11-17-30-14-5-6-18-33(30)41)42-25-10-8-20-35(42)37-22-12-23-38-39-28-31-15-3-4-16-32(31)29-44(39)49-46(37)38/h3-29H,1-2H3. The predicted octanol–water partition coefficient (Wildman–Crippen LogP) is 13.3. The van der Waals surface area contributed by atoms with E-state index in [4.69, 9.17) is 4.42 Å². The Bertz CT molecular complexity index is 2760. The Morgan fingerprint density at radius 3 is 1.88 bits per heavy atom. The van der Waals surface area contributed by atoms with Crippen LogP contribution in [-0.4, -0.2) is 0 Å². The Hall–Kier alpha value is -6.12. The van der Waals surface area contributed by atoms with E-state index in [0.717, 1.165) is 44.4 Å². The Morgan fingerprint density at radius 1 is 0.429 bits per heavy atom. The summed E-state index contributed by atoms with van der Waals surface area (Å²) in [7, 11) is 0. The van der Waals surface area contributed by atoms with Gasteiger partial charge in [0.1, 0.15) is 11.2 Å². The Morgan fingerprint density at radius 2 is 1.00 bits per heavy atom. The van der Waals surface area contributed by atoms with Gasteiger partial charge in [-0.05, 0) is 68.7 Å². The molecule has 2 nitrogen and oxygen atoms in total. The molecule has 232 valence electrons. The molecule has 9 aromatic rings. The molecule has 0 saturated carbocycles. The summed E-state index contributed by atoms with van der Waals surface area (Å²) >= 11 is 0. The van der Waals surface area contributed by atoms with Crippen molar-refractivity contribution in [1.29, 1.82) is 0 Å². The minimum atomic E-state index is -0.193. The summed E-state index contributed by atoms with van der Waals surface area (Å²) in [5, 5.41) is 7.08. The van der Waals surface area contributed by atoms with Gasteiger partial charge in [-0.1, -0.05) is 147 Å². The van der Waals surface area contributed by atoms with Crippen molar-refractivity contribution in [3.05, 3.63) is 175 Å². The second kappa shape index (κ2) is 10.4. The third kappa shape index (κ3) is 4.07. The van der Waals surface area contributed by atoms with Crippen LogP contribution in [0.25, 0.3) is 65.7 Å². The molecular formula is C47H33NO. The van der Waals surface area contributed by atoms with Crippen LogP contribution in [-0.2, 0) is 5.41 Å². The van der Waals surface area contributed by atoms with Gasteiger partial charge in [0.2, 0.25) is 0 Å². The molecule has 0 unspecified atom stereocenters. The highest BCUT2D eigenvalue weighted by molar-refractivity contribution is 6.14. The third-order valence-corrected chi connectivity index (χ3v) is 10.6. The van der Waals surface area contributed by atoms with Gasteiger partial charge in [0, 0.05) is 32.7 Å². The van der Waals surface area contributed by atoms with Crippen LogP contribution in [0.4, 0.5) is 17.1 Å². The smallest absolute Gasteiger partial charge is 0.143 e. The monoisotopic (exact) mass is 627 g/mol. The van der Waals surface area contributed by atoms with E-state index in [9.17, 15) is 0 Å². The molecule has 2 heteroatoms. The molecule has 0 atom stereocenters. The molecule has 0 saturated heterocycles. The van der Waals surface area contributed by atoms with E-state index in [1.165, 1.54) is 49.5 Å². The van der Waals surface area contributed by atoms with E-state index in [-0.39, 0.29) is 5.41 Å². The quantitative estimate of drug-likeness (QED) is 0.193. The Kier molecular flexibility index (Phi) is 5.95. The third-order valence-electron chi connectivity index (χ3n) is 10.6. The lowest BCUT2D eigenvalue weighted by molar-refractivity contribution is 0.661. The van der Waals surface area contributed by atoms with Crippen molar-refractivity contribution in [2.75, 3.05) is 4.90 Å². The molecule has 0 radical (unpaired) electrons. The number of rotatable bonds is 4. The minimum Gasteiger partial charge on any atom is -0.455 e. The molecule has 0 aliphatic heterocycles. The van der Waals surface area contributed by atoms with Crippen LogP contribution in [0, 0.1) is 0 Å². The molecule has 1 heterocycles. The molecular weight excluding hydrogens is 595 g/mol. The molecule has 0 spiro atoms. The second-order valence-electron chi connectivity index (χ2n) is 13.7. The molecule has 1 aromatic heterocycles. The van der Waals surface area contributed by atoms with Crippen LogP contribution in [0.15, 0.2) is 168 Å². The summed E-state index contributed by atoms with van der Waals surface area (Å²) in [6.07, 6.45) is 0. The largest absolute Gasteiger partial charge is 0.455 e. The first kappa shape index (κ1) is 27.9. The SMILES string of the molecule is CC1(C)c2ccccc2-c2cccc(N(c3ccccc3-c3cccc4c3oc3cc5ccccc5cc34)c3cccc4ccccc34)c21. The van der Waals surface area contributed by atoms with Crippen LogP contribution in [0.3, 0.4) is 0 Å². The summed E-state index contributed by atoms with van der Waals surface area (Å²) in [5.74, 6) is 0. The van der Waals surface area contributed by atoms with E-state index >= 15 is 0 Å². The van der Waals surface area contributed by atoms with Crippen molar-refractivity contribution >= 4 is 60.5 Å². The number of benzene rings is 8. The average Bonchev–Trinajstić information content (AvgIpc) is 3.63. The van der Waals surface area contributed by atoms with Crippen molar-refractivity contribution in [3.8, 4) is 22.3 Å². The van der Waals surface area contributed by atoms with Crippen LogP contribution < -0.4 is 4.90 Å². The molecule has 0 amide bonds. The topological polar surface area (TPSA) is 16.4 Å². The van der Waals surface area contributed by atoms with Gasteiger partial charge in [0.25, 0.3) is 0 Å². The molecule has 10 rings (SSSR count). The normalized spacial score (nSPS) is 13.3. The molecule has 1 aliphatic carbocycles. The van der Waals surface area contributed by atoms with Crippen LogP contribution in [0.1, 0.15) is 25.0 Å². The first-order valence-electron chi connectivity index (χ1n) is 17.0. The van der Waals surface area contributed by atoms with Gasteiger partial charge in [0.05, 0.1) is 17.1 Å². The first-order valence-corrected chi connectivity index (χ1v) is 17.0. The maximum absolute atomic E-state index is 6.79. The van der Waals surface area contributed by atoms with Crippen molar-refractivity contribution in [1.82, 2.24) is 0 Å². The lowest BCUT2D eigenvalue weighted by Crippen LogP contribution is -2.21. The number of nitrogens with zero attached hydrogens (tertiary/aromatic N) is 1. The number of hydrogen-bond donors (Lipinski definition) is 0. The number of hydrogen-bond acceptors (Lipinski definition) is 2. The summed E-state index contributed by atoms with van der Waals surface area (Å²) in [5.41, 5.74) is 12.6. The summed E-state index contributed by atoms with van der Waals surface area (Å²) < 4.78 is 6.79. The van der Waals surface area contributed by atoms with Gasteiger partial charge in [0.15, 0.2) is 0 Å². The van der Waals surface area contributed by atoms with Gasteiger partial charge < -0.3 is 9.32 Å². The summed E-state index contributed by atoms with van der Waals surface area (Å²) in [6.45, 7) is 4.74. The maximum atomic E-state index is 6.79. The van der Waals surface area contributed by atoms with E-state index in [1.807, 2.05) is 0 Å². The zero-order chi connectivity index (χ0) is 32.7. The number of para-hydroxylation sites is 2. The highest BCUT2D eigenvalue weighted by Gasteiger charge is 2.39. The van der Waals surface area contributed by atoms with Gasteiger partial charge in [-0.25, -0.2) is 0 Å².